The van der Waals surface area contributed by atoms with E-state index in [2.05, 4.69) is 15.3 Å². The van der Waals surface area contributed by atoms with Crippen molar-refractivity contribution in [3.8, 4) is 0 Å². The van der Waals surface area contributed by atoms with E-state index in [4.69, 9.17) is 5.11 Å². The summed E-state index contributed by atoms with van der Waals surface area (Å²) < 4.78 is 38.1. The Morgan fingerprint density at radius 1 is 1.29 bits per heavy atom. The molecule has 0 aliphatic heterocycles. The van der Waals surface area contributed by atoms with Crippen LogP contribution in [0.1, 0.15) is 21.6 Å². The van der Waals surface area contributed by atoms with Crippen molar-refractivity contribution in [3.05, 3.63) is 53.6 Å². The molecule has 1 aromatic heterocycles. The number of hydrogen-bond acceptors (Lipinski definition) is 4. The monoisotopic (exact) mass is 297 g/mol. The molecule has 0 atom stereocenters. The Morgan fingerprint density at radius 2 is 2.05 bits per heavy atom. The van der Waals surface area contributed by atoms with Gasteiger partial charge in [0.2, 0.25) is 0 Å². The van der Waals surface area contributed by atoms with E-state index in [-0.39, 0.29) is 12.2 Å². The molecule has 0 radical (unpaired) electrons. The molecule has 0 unspecified atom stereocenters. The van der Waals surface area contributed by atoms with Crippen LogP contribution in [0.5, 0.6) is 0 Å². The first-order valence-corrected chi connectivity index (χ1v) is 5.81. The number of benzene rings is 1. The van der Waals surface area contributed by atoms with Gasteiger partial charge in [-0.25, -0.2) is 14.8 Å². The summed E-state index contributed by atoms with van der Waals surface area (Å²) in [4.78, 5) is 18.6. The van der Waals surface area contributed by atoms with Crippen LogP contribution in [0.4, 0.5) is 18.9 Å². The summed E-state index contributed by atoms with van der Waals surface area (Å²) in [6.07, 6.45) is -1.84. The number of carbonyl (C=O) groups is 1. The second kappa shape index (κ2) is 5.78. The summed E-state index contributed by atoms with van der Waals surface area (Å²) in [6, 6.07) is 4.50. The molecule has 0 aliphatic rings. The molecule has 0 amide bonds. The highest BCUT2D eigenvalue weighted by molar-refractivity contribution is 5.91. The molecule has 0 saturated heterocycles. The number of hydrogen-bond donors (Lipinski definition) is 2. The van der Waals surface area contributed by atoms with Crippen molar-refractivity contribution >= 4 is 11.7 Å². The van der Waals surface area contributed by atoms with Crippen LogP contribution in [0.2, 0.25) is 0 Å². The number of carboxylic acid groups (broad SMARTS) is 1. The molecule has 0 aliphatic carbocycles. The van der Waals surface area contributed by atoms with Crippen molar-refractivity contribution in [2.24, 2.45) is 0 Å². The predicted molar refractivity (Wildman–Crippen MR) is 67.8 cm³/mol. The topological polar surface area (TPSA) is 75.1 Å². The highest BCUT2D eigenvalue weighted by Crippen LogP contribution is 2.33. The molecule has 0 spiro atoms. The van der Waals surface area contributed by atoms with Gasteiger partial charge in [-0.2, -0.15) is 13.2 Å². The van der Waals surface area contributed by atoms with Crippen molar-refractivity contribution in [1.29, 1.82) is 0 Å². The summed E-state index contributed by atoms with van der Waals surface area (Å²) in [7, 11) is 0. The average molecular weight is 297 g/mol. The number of halogens is 3. The van der Waals surface area contributed by atoms with Gasteiger partial charge in [0.1, 0.15) is 6.33 Å². The standard InChI is InChI=1S/C13H10F3N3O2/c14-13(15,16)11-2-1-8(5-10(11)12(20)21)18-6-9-3-4-17-7-19-9/h1-5,7,18H,6H2,(H,20,21). The molecule has 1 aromatic carbocycles. The highest BCUT2D eigenvalue weighted by atomic mass is 19.4. The first-order valence-electron chi connectivity index (χ1n) is 5.81. The largest absolute Gasteiger partial charge is 0.478 e. The van der Waals surface area contributed by atoms with Gasteiger partial charge in [0.05, 0.1) is 23.4 Å². The van der Waals surface area contributed by atoms with Gasteiger partial charge < -0.3 is 10.4 Å². The average Bonchev–Trinajstić information content (AvgIpc) is 2.45. The van der Waals surface area contributed by atoms with Crippen LogP contribution in [-0.2, 0) is 12.7 Å². The molecule has 110 valence electrons. The zero-order valence-electron chi connectivity index (χ0n) is 10.6. The number of anilines is 1. The second-order valence-corrected chi connectivity index (χ2v) is 4.12. The van der Waals surface area contributed by atoms with Gasteiger partial charge in [-0.3, -0.25) is 0 Å². The maximum absolute atomic E-state index is 12.7. The lowest BCUT2D eigenvalue weighted by atomic mass is 10.1. The molecule has 0 saturated carbocycles. The second-order valence-electron chi connectivity index (χ2n) is 4.12. The van der Waals surface area contributed by atoms with Gasteiger partial charge in [-0.05, 0) is 24.3 Å². The molecule has 8 heteroatoms. The Morgan fingerprint density at radius 3 is 2.62 bits per heavy atom. The number of aromatic carboxylic acids is 1. The number of aromatic nitrogens is 2. The van der Waals surface area contributed by atoms with Crippen molar-refractivity contribution in [1.82, 2.24) is 9.97 Å². The van der Waals surface area contributed by atoms with Gasteiger partial charge in [0.15, 0.2) is 0 Å². The third-order valence-corrected chi connectivity index (χ3v) is 2.67. The summed E-state index contributed by atoms with van der Waals surface area (Å²) in [5.41, 5.74) is -1.08. The lowest BCUT2D eigenvalue weighted by Gasteiger charge is -2.12. The quantitative estimate of drug-likeness (QED) is 0.907. The fraction of sp³-hybridized carbons (Fsp3) is 0.154. The minimum atomic E-state index is -4.71. The normalized spacial score (nSPS) is 11.2. The molecular weight excluding hydrogens is 287 g/mol. The Kier molecular flexibility index (Phi) is 4.06. The summed E-state index contributed by atoms with van der Waals surface area (Å²) >= 11 is 0. The summed E-state index contributed by atoms with van der Waals surface area (Å²) in [5, 5.41) is 11.7. The molecule has 1 heterocycles. The molecule has 5 nitrogen and oxygen atoms in total. The van der Waals surface area contributed by atoms with Gasteiger partial charge in [-0.1, -0.05) is 0 Å². The van der Waals surface area contributed by atoms with Crippen molar-refractivity contribution in [3.63, 3.8) is 0 Å². The lowest BCUT2D eigenvalue weighted by Crippen LogP contribution is -2.13. The van der Waals surface area contributed by atoms with Gasteiger partial charge in [0, 0.05) is 11.9 Å². The van der Waals surface area contributed by atoms with Crippen LogP contribution in [0, 0.1) is 0 Å². The molecule has 0 bridgehead atoms. The van der Waals surface area contributed by atoms with Crippen LogP contribution in [0.15, 0.2) is 36.8 Å². The van der Waals surface area contributed by atoms with Gasteiger partial charge in [-0.15, -0.1) is 0 Å². The molecule has 0 fully saturated rings. The summed E-state index contributed by atoms with van der Waals surface area (Å²) in [6.45, 7) is 0.243. The minimum absolute atomic E-state index is 0.243. The van der Waals surface area contributed by atoms with Crippen LogP contribution < -0.4 is 5.32 Å². The van der Waals surface area contributed by atoms with Crippen molar-refractivity contribution < 1.29 is 23.1 Å². The number of rotatable bonds is 4. The Labute approximate surface area is 117 Å². The van der Waals surface area contributed by atoms with E-state index < -0.39 is 23.3 Å². The van der Waals surface area contributed by atoms with E-state index in [1.807, 2.05) is 0 Å². The van der Waals surface area contributed by atoms with E-state index in [1.165, 1.54) is 18.6 Å². The maximum atomic E-state index is 12.7. The van der Waals surface area contributed by atoms with E-state index >= 15 is 0 Å². The van der Waals surface area contributed by atoms with Crippen molar-refractivity contribution in [2.75, 3.05) is 5.32 Å². The molecular formula is C13H10F3N3O2. The van der Waals surface area contributed by atoms with Crippen LogP contribution in [0.3, 0.4) is 0 Å². The van der Waals surface area contributed by atoms with E-state index in [0.717, 1.165) is 12.1 Å². The number of nitrogens with zero attached hydrogens (tertiary/aromatic N) is 2. The fourth-order valence-corrected chi connectivity index (χ4v) is 1.69. The Bertz CT molecular complexity index is 645. The van der Waals surface area contributed by atoms with Crippen LogP contribution in [-0.4, -0.2) is 21.0 Å². The van der Waals surface area contributed by atoms with Crippen LogP contribution >= 0.6 is 0 Å². The Hall–Kier alpha value is -2.64. The number of carboxylic acids is 1. The zero-order valence-corrected chi connectivity index (χ0v) is 10.6. The van der Waals surface area contributed by atoms with E-state index in [0.29, 0.717) is 5.69 Å². The number of nitrogens with one attached hydrogen (secondary N) is 1. The maximum Gasteiger partial charge on any atom is 0.417 e. The molecule has 2 rings (SSSR count). The first kappa shape index (κ1) is 14.8. The van der Waals surface area contributed by atoms with Gasteiger partial charge >= 0.3 is 12.1 Å². The van der Waals surface area contributed by atoms with Crippen LogP contribution in [0.25, 0.3) is 0 Å². The lowest BCUT2D eigenvalue weighted by molar-refractivity contribution is -0.138. The Balaban J connectivity index is 2.22. The van der Waals surface area contributed by atoms with Crippen molar-refractivity contribution in [2.45, 2.75) is 12.7 Å². The SMILES string of the molecule is O=C(O)c1cc(NCc2ccncn2)ccc1C(F)(F)F. The van der Waals surface area contributed by atoms with Gasteiger partial charge in [0.25, 0.3) is 0 Å². The summed E-state index contributed by atoms with van der Waals surface area (Å²) in [5.74, 6) is -1.63. The third-order valence-electron chi connectivity index (χ3n) is 2.67. The van der Waals surface area contributed by atoms with E-state index in [9.17, 15) is 18.0 Å². The highest BCUT2D eigenvalue weighted by Gasteiger charge is 2.35. The number of alkyl halides is 3. The molecule has 2 aromatic rings. The first-order chi connectivity index (χ1) is 9.88. The fourth-order valence-electron chi connectivity index (χ4n) is 1.69. The minimum Gasteiger partial charge on any atom is -0.478 e. The molecule has 21 heavy (non-hydrogen) atoms. The predicted octanol–water partition coefficient (Wildman–Crippen LogP) is 2.81. The zero-order chi connectivity index (χ0) is 15.5. The smallest absolute Gasteiger partial charge is 0.417 e. The molecule has 2 N–H and O–H groups in total. The third kappa shape index (κ3) is 3.68. The van der Waals surface area contributed by atoms with E-state index in [1.54, 1.807) is 6.07 Å².